The molecule has 0 N–H and O–H groups in total. The molecule has 0 unspecified atom stereocenters. The summed E-state index contributed by atoms with van der Waals surface area (Å²) in [7, 11) is 7.41. The summed E-state index contributed by atoms with van der Waals surface area (Å²) in [6, 6.07) is 13.1. The van der Waals surface area contributed by atoms with Crippen LogP contribution in [-0.2, 0) is 0 Å². The average molecular weight is 254 g/mol. The molecule has 2 aromatic carbocycles. The average Bonchev–Trinajstić information content (AvgIpc) is 2.26. The van der Waals surface area contributed by atoms with Crippen molar-refractivity contribution in [2.75, 3.05) is 0 Å². The first kappa shape index (κ1) is 8.85. The van der Waals surface area contributed by atoms with Crippen LogP contribution in [0.5, 0.6) is 0 Å². The third-order valence-electron chi connectivity index (χ3n) is 2.09. The summed E-state index contributed by atoms with van der Waals surface area (Å²) in [4.78, 5) is 0. The smallest absolute Gasteiger partial charge is 0.0572 e. The van der Waals surface area contributed by atoms with Crippen LogP contribution in [0.2, 0.25) is 0 Å². The van der Waals surface area contributed by atoms with Gasteiger partial charge in [0.15, 0.2) is 0 Å². The summed E-state index contributed by atoms with van der Waals surface area (Å²) in [6.07, 6.45) is 0. The zero-order valence-corrected chi connectivity index (χ0v) is 10.4. The van der Waals surface area contributed by atoms with Gasteiger partial charge in [0.05, 0.1) is 9.40 Å². The zero-order valence-electron chi connectivity index (χ0n) is 7.10. The Morgan fingerprint density at radius 2 is 1.21 bits per heavy atom. The summed E-state index contributed by atoms with van der Waals surface area (Å²) in [5.41, 5.74) is 0. The highest BCUT2D eigenvalue weighted by atomic mass is 33.4. The standard InChI is InChI=1S/C10H6S4/c1-2-4-8-6-10-9(5-7(8)3-1)11-13-14-12-10/h1-6H. The van der Waals surface area contributed by atoms with E-state index in [0.29, 0.717) is 0 Å². The molecule has 70 valence electrons. The zero-order chi connectivity index (χ0) is 9.38. The highest BCUT2D eigenvalue weighted by Crippen LogP contribution is 2.33. The molecule has 0 bridgehead atoms. The lowest BCUT2D eigenvalue weighted by Gasteiger charge is -1.98. The molecular formula is C10H6S4. The van der Waals surface area contributed by atoms with Gasteiger partial charge in [0, 0.05) is 0 Å². The lowest BCUT2D eigenvalue weighted by atomic mass is 10.1. The summed E-state index contributed by atoms with van der Waals surface area (Å²) in [6.45, 7) is 0. The molecule has 0 radical (unpaired) electrons. The molecule has 0 saturated carbocycles. The van der Waals surface area contributed by atoms with E-state index in [9.17, 15) is 0 Å². The maximum atomic E-state index is 2.29. The molecule has 0 amide bonds. The highest BCUT2D eigenvalue weighted by molar-refractivity contribution is 8.09. The van der Waals surface area contributed by atoms with Crippen molar-refractivity contribution in [3.63, 3.8) is 0 Å². The summed E-state index contributed by atoms with van der Waals surface area (Å²) < 4.78 is 2.80. The third-order valence-corrected chi connectivity index (χ3v) is 8.32. The van der Waals surface area contributed by atoms with Crippen LogP contribution in [0.3, 0.4) is 0 Å². The molecular weight excluding hydrogens is 248 g/mol. The first-order valence-corrected chi connectivity index (χ1v) is 8.96. The Kier molecular flexibility index (Phi) is 2.29. The topological polar surface area (TPSA) is 0 Å². The minimum Gasteiger partial charge on any atom is -0.0676 e. The van der Waals surface area contributed by atoms with Crippen LogP contribution in [0, 0.1) is 0 Å². The van der Waals surface area contributed by atoms with Gasteiger partial charge in [0.1, 0.15) is 0 Å². The normalized spacial score (nSPS) is 10.9. The largest absolute Gasteiger partial charge is 0.0676 e. The molecule has 0 aliphatic carbocycles. The van der Waals surface area contributed by atoms with Crippen LogP contribution in [0.15, 0.2) is 36.4 Å². The van der Waals surface area contributed by atoms with Crippen molar-refractivity contribution in [1.29, 1.82) is 0 Å². The first-order chi connectivity index (χ1) is 6.93. The van der Waals surface area contributed by atoms with E-state index in [2.05, 4.69) is 36.4 Å². The van der Waals surface area contributed by atoms with Crippen LogP contribution in [0.25, 0.3) is 20.2 Å². The molecule has 0 atom stereocenters. The predicted molar refractivity (Wildman–Crippen MR) is 70.6 cm³/mol. The van der Waals surface area contributed by atoms with E-state index in [0.717, 1.165) is 0 Å². The summed E-state index contributed by atoms with van der Waals surface area (Å²) in [5, 5.41) is 2.68. The second-order valence-corrected chi connectivity index (χ2v) is 8.70. The Morgan fingerprint density at radius 1 is 0.714 bits per heavy atom. The Labute approximate surface area is 95.5 Å². The monoisotopic (exact) mass is 254 g/mol. The fourth-order valence-electron chi connectivity index (χ4n) is 1.43. The van der Waals surface area contributed by atoms with Gasteiger partial charge >= 0.3 is 0 Å². The van der Waals surface area contributed by atoms with Gasteiger partial charge in [-0.1, -0.05) is 44.9 Å². The number of fused-ring (bicyclic) bond motifs is 2. The molecule has 4 heteroatoms. The van der Waals surface area contributed by atoms with Crippen molar-refractivity contribution in [1.82, 2.24) is 0 Å². The van der Waals surface area contributed by atoms with Gasteiger partial charge in [-0.3, -0.25) is 0 Å². The van der Waals surface area contributed by atoms with Crippen molar-refractivity contribution >= 4 is 59.5 Å². The molecule has 0 spiro atoms. The second-order valence-electron chi connectivity index (χ2n) is 2.95. The molecule has 1 aromatic heterocycles. The predicted octanol–water partition coefficient (Wildman–Crippen LogP) is 5.36. The Balaban J connectivity index is 2.52. The van der Waals surface area contributed by atoms with Crippen LogP contribution < -0.4 is 0 Å². The maximum Gasteiger partial charge on any atom is 0.0572 e. The molecule has 1 heterocycles. The fourth-order valence-corrected chi connectivity index (χ4v) is 7.58. The van der Waals surface area contributed by atoms with Crippen LogP contribution in [0.1, 0.15) is 0 Å². The molecule has 0 aliphatic rings. The number of benzene rings is 2. The Morgan fingerprint density at radius 3 is 1.71 bits per heavy atom. The SMILES string of the molecule is c1ccc2cc3ssssc3cc2c1. The van der Waals surface area contributed by atoms with Gasteiger partial charge in [-0.2, -0.15) is 0 Å². The van der Waals surface area contributed by atoms with E-state index in [1.54, 1.807) is 0 Å². The van der Waals surface area contributed by atoms with E-state index in [-0.39, 0.29) is 0 Å². The number of hydrogen-bond acceptors (Lipinski definition) is 4. The summed E-state index contributed by atoms with van der Waals surface area (Å²) >= 11 is 0. The summed E-state index contributed by atoms with van der Waals surface area (Å²) in [5.74, 6) is 0. The maximum absolute atomic E-state index is 2.29. The van der Waals surface area contributed by atoms with Gasteiger partial charge in [0.2, 0.25) is 0 Å². The second kappa shape index (κ2) is 3.62. The Hall–Kier alpha value is -0.420. The lowest BCUT2D eigenvalue weighted by Crippen LogP contribution is -1.70. The van der Waals surface area contributed by atoms with Gasteiger partial charge < -0.3 is 0 Å². The van der Waals surface area contributed by atoms with Crippen molar-refractivity contribution in [3.05, 3.63) is 36.4 Å². The Bertz CT molecular complexity index is 501. The lowest BCUT2D eigenvalue weighted by molar-refractivity contribution is 1.82. The van der Waals surface area contributed by atoms with E-state index in [1.165, 1.54) is 20.2 Å². The molecule has 0 aliphatic heterocycles. The molecule has 14 heavy (non-hydrogen) atoms. The van der Waals surface area contributed by atoms with Crippen LogP contribution in [-0.4, -0.2) is 0 Å². The van der Waals surface area contributed by atoms with Gasteiger partial charge in [-0.05, 0) is 41.6 Å². The van der Waals surface area contributed by atoms with E-state index in [1.807, 2.05) is 39.4 Å². The minimum absolute atomic E-state index is 1.34. The van der Waals surface area contributed by atoms with Crippen LogP contribution >= 0.6 is 39.4 Å². The minimum atomic E-state index is 1.34. The van der Waals surface area contributed by atoms with Crippen molar-refractivity contribution in [3.8, 4) is 0 Å². The molecule has 3 rings (SSSR count). The van der Waals surface area contributed by atoms with Crippen molar-refractivity contribution in [2.24, 2.45) is 0 Å². The molecule has 0 fully saturated rings. The molecule has 0 saturated heterocycles. The first-order valence-electron chi connectivity index (χ1n) is 4.14. The highest BCUT2D eigenvalue weighted by Gasteiger charge is 1.97. The van der Waals surface area contributed by atoms with E-state index >= 15 is 0 Å². The third kappa shape index (κ3) is 1.48. The van der Waals surface area contributed by atoms with Gasteiger partial charge in [-0.25, -0.2) is 0 Å². The van der Waals surface area contributed by atoms with Crippen molar-refractivity contribution < 1.29 is 0 Å². The number of hydrogen-bond donors (Lipinski definition) is 0. The van der Waals surface area contributed by atoms with E-state index < -0.39 is 0 Å². The van der Waals surface area contributed by atoms with E-state index in [4.69, 9.17) is 0 Å². The fraction of sp³-hybridized carbons (Fsp3) is 0. The molecule has 3 aromatic rings. The number of rotatable bonds is 0. The van der Waals surface area contributed by atoms with Crippen LogP contribution in [0.4, 0.5) is 0 Å². The molecule has 0 nitrogen and oxygen atoms in total. The van der Waals surface area contributed by atoms with Crippen molar-refractivity contribution in [2.45, 2.75) is 0 Å². The van der Waals surface area contributed by atoms with Gasteiger partial charge in [0.25, 0.3) is 0 Å². The quantitative estimate of drug-likeness (QED) is 0.374. The van der Waals surface area contributed by atoms with Gasteiger partial charge in [-0.15, -0.1) is 0 Å².